The van der Waals surface area contributed by atoms with Crippen LogP contribution in [-0.2, 0) is 5.41 Å². The van der Waals surface area contributed by atoms with E-state index in [-0.39, 0.29) is 5.41 Å². The minimum atomic E-state index is -0.0162. The van der Waals surface area contributed by atoms with E-state index in [1.165, 1.54) is 5.56 Å². The van der Waals surface area contributed by atoms with Crippen LogP contribution in [0, 0.1) is 0 Å². The van der Waals surface area contributed by atoms with Crippen LogP contribution in [0.25, 0.3) is 77.1 Å². The molecule has 6 heterocycles. The Labute approximate surface area is 268 Å². The topological polar surface area (TPSA) is 70.6 Å². The number of ether oxygens (including phenoxy) is 1. The summed E-state index contributed by atoms with van der Waals surface area (Å²) in [5.74, 6) is 1.82. The Morgan fingerprint density at radius 3 is 2.32 bits per heavy atom. The number of hydrogen-bond donors (Lipinski definition) is 0. The van der Waals surface area contributed by atoms with E-state index < -0.39 is 0 Å². The lowest BCUT2D eigenvalue weighted by molar-refractivity contribution is 0.353. The number of pyridine rings is 2. The zero-order valence-electron chi connectivity index (χ0n) is 26.0. The van der Waals surface area contributed by atoms with Crippen molar-refractivity contribution < 1.29 is 13.6 Å². The van der Waals surface area contributed by atoms with Gasteiger partial charge < -0.3 is 13.6 Å². The van der Waals surface area contributed by atoms with E-state index in [1.807, 2.05) is 55.0 Å². The Bertz CT molecular complexity index is 2880. The first-order valence-corrected chi connectivity index (χ1v) is 15.7. The molecule has 0 amide bonds. The fourth-order valence-electron chi connectivity index (χ4n) is 7.11. The van der Waals surface area contributed by atoms with E-state index in [1.54, 1.807) is 0 Å². The third-order valence-corrected chi connectivity index (χ3v) is 9.29. The van der Waals surface area contributed by atoms with E-state index >= 15 is 0 Å². The molecular formula is C40H28N4O3. The molecule has 0 fully saturated rings. The number of aromatic nitrogens is 4. The average Bonchev–Trinajstić information content (AvgIpc) is 3.71. The van der Waals surface area contributed by atoms with Crippen molar-refractivity contribution in [1.82, 2.24) is 18.9 Å². The van der Waals surface area contributed by atoms with Gasteiger partial charge in [0, 0.05) is 40.0 Å². The maximum absolute atomic E-state index is 6.66. The second-order valence-corrected chi connectivity index (χ2v) is 13.1. The van der Waals surface area contributed by atoms with Crippen LogP contribution in [-0.4, -0.2) is 18.9 Å². The van der Waals surface area contributed by atoms with Crippen LogP contribution in [0.2, 0.25) is 0 Å². The monoisotopic (exact) mass is 612 g/mol. The number of hydrogen-bond acceptors (Lipinski definition) is 5. The number of rotatable bonds is 3. The first kappa shape index (κ1) is 26.2. The van der Waals surface area contributed by atoms with Crippen molar-refractivity contribution in [2.45, 2.75) is 26.2 Å². The fraction of sp³-hybridized carbons (Fsp3) is 0.100. The molecule has 10 rings (SSSR count). The van der Waals surface area contributed by atoms with E-state index in [0.29, 0.717) is 17.3 Å². The van der Waals surface area contributed by atoms with Gasteiger partial charge in [-0.25, -0.2) is 9.97 Å². The Kier molecular flexibility index (Phi) is 5.14. The molecular weight excluding hydrogens is 584 g/mol. The minimum absolute atomic E-state index is 0.0162. The SMILES string of the molecule is CC(C)(C)c1ccnc(-n2c3ccccc3c3ccc(Oc4cn5c6ncccc6c6ccc7oc8cccc(o4)c8c7c65)cc32)c1. The number of benzene rings is 4. The molecule has 10 aromatic rings. The van der Waals surface area contributed by atoms with Crippen LogP contribution in [0.1, 0.15) is 26.3 Å². The van der Waals surface area contributed by atoms with Crippen LogP contribution in [0.3, 0.4) is 0 Å². The molecule has 0 atom stereocenters. The summed E-state index contributed by atoms with van der Waals surface area (Å²) < 4.78 is 23.8. The molecule has 7 nitrogen and oxygen atoms in total. The van der Waals surface area contributed by atoms with Crippen molar-refractivity contribution in [2.24, 2.45) is 0 Å². The molecule has 0 aliphatic carbocycles. The van der Waals surface area contributed by atoms with Crippen LogP contribution >= 0.6 is 0 Å². The van der Waals surface area contributed by atoms with E-state index in [9.17, 15) is 0 Å². The van der Waals surface area contributed by atoms with Gasteiger partial charge in [0.2, 0.25) is 0 Å². The first-order valence-electron chi connectivity index (χ1n) is 15.7. The number of fused-ring (bicyclic) bond motifs is 6. The average molecular weight is 613 g/mol. The highest BCUT2D eigenvalue weighted by molar-refractivity contribution is 6.26. The van der Waals surface area contributed by atoms with E-state index in [2.05, 4.69) is 90.4 Å². The summed E-state index contributed by atoms with van der Waals surface area (Å²) in [6.45, 7) is 6.66. The molecule has 0 aliphatic rings. The summed E-state index contributed by atoms with van der Waals surface area (Å²) in [6.07, 6.45) is 5.59. The number of nitrogens with zero attached hydrogens (tertiary/aromatic N) is 4. The van der Waals surface area contributed by atoms with Crippen molar-refractivity contribution in [2.75, 3.05) is 0 Å². The van der Waals surface area contributed by atoms with Crippen LogP contribution < -0.4 is 4.74 Å². The molecule has 0 spiro atoms. The zero-order valence-corrected chi connectivity index (χ0v) is 26.0. The maximum Gasteiger partial charge on any atom is 0.307 e. The van der Waals surface area contributed by atoms with Gasteiger partial charge in [-0.2, -0.15) is 0 Å². The summed E-state index contributed by atoms with van der Waals surface area (Å²) >= 11 is 0. The smallest absolute Gasteiger partial charge is 0.307 e. The molecule has 226 valence electrons. The molecule has 47 heavy (non-hydrogen) atoms. The fourth-order valence-corrected chi connectivity index (χ4v) is 7.11. The molecule has 0 bridgehead atoms. The van der Waals surface area contributed by atoms with Gasteiger partial charge in [0.15, 0.2) is 0 Å². The van der Waals surface area contributed by atoms with Crippen LogP contribution in [0.15, 0.2) is 124 Å². The Morgan fingerprint density at radius 2 is 1.43 bits per heavy atom. The van der Waals surface area contributed by atoms with Crippen molar-refractivity contribution in [1.29, 1.82) is 0 Å². The van der Waals surface area contributed by atoms with Gasteiger partial charge in [-0.1, -0.05) is 45.0 Å². The molecule has 7 heteroatoms. The maximum atomic E-state index is 6.66. The first-order chi connectivity index (χ1) is 22.9. The molecule has 4 aromatic carbocycles. The summed E-state index contributed by atoms with van der Waals surface area (Å²) in [4.78, 5) is 9.60. The molecule has 0 saturated carbocycles. The second kappa shape index (κ2) is 9.23. The molecule has 0 aliphatic heterocycles. The van der Waals surface area contributed by atoms with Crippen molar-refractivity contribution in [3.63, 3.8) is 0 Å². The van der Waals surface area contributed by atoms with Gasteiger partial charge in [-0.3, -0.25) is 8.97 Å². The largest absolute Gasteiger partial charge is 0.456 e. The molecule has 0 saturated heterocycles. The van der Waals surface area contributed by atoms with Crippen molar-refractivity contribution in [3.05, 3.63) is 121 Å². The molecule has 0 radical (unpaired) electrons. The third kappa shape index (κ3) is 3.74. The van der Waals surface area contributed by atoms with E-state index in [4.69, 9.17) is 23.5 Å². The normalized spacial score (nSPS) is 12.6. The lowest BCUT2D eigenvalue weighted by Gasteiger charge is -2.20. The molecule has 6 aromatic heterocycles. The minimum Gasteiger partial charge on any atom is -0.456 e. The van der Waals surface area contributed by atoms with Crippen molar-refractivity contribution >= 4 is 71.3 Å². The number of furan rings is 1. The zero-order chi connectivity index (χ0) is 31.4. The van der Waals surface area contributed by atoms with Crippen molar-refractivity contribution in [3.8, 4) is 17.5 Å². The second-order valence-electron chi connectivity index (χ2n) is 13.1. The third-order valence-electron chi connectivity index (χ3n) is 9.29. The predicted octanol–water partition coefficient (Wildman–Crippen LogP) is 10.7. The summed E-state index contributed by atoms with van der Waals surface area (Å²) in [5.41, 5.74) is 7.32. The van der Waals surface area contributed by atoms with Gasteiger partial charge in [0.05, 0.1) is 33.5 Å². The lowest BCUT2D eigenvalue weighted by Crippen LogP contribution is -2.12. The Hall–Kier alpha value is -6.08. The Morgan fingerprint density at radius 1 is 0.638 bits per heavy atom. The van der Waals surface area contributed by atoms with Crippen LogP contribution in [0.5, 0.6) is 11.7 Å². The lowest BCUT2D eigenvalue weighted by atomic mass is 9.88. The molecule has 0 N–H and O–H groups in total. The van der Waals surface area contributed by atoms with Gasteiger partial charge in [0.25, 0.3) is 0 Å². The van der Waals surface area contributed by atoms with E-state index in [0.717, 1.165) is 71.5 Å². The van der Waals surface area contributed by atoms with Gasteiger partial charge in [-0.15, -0.1) is 0 Å². The predicted molar refractivity (Wildman–Crippen MR) is 187 cm³/mol. The number of para-hydroxylation sites is 1. The summed E-state index contributed by atoms with van der Waals surface area (Å²) in [6, 6.07) is 32.9. The van der Waals surface area contributed by atoms with Gasteiger partial charge in [-0.05, 0) is 77.7 Å². The van der Waals surface area contributed by atoms with Gasteiger partial charge >= 0.3 is 5.95 Å². The van der Waals surface area contributed by atoms with Crippen LogP contribution in [0.4, 0.5) is 0 Å². The standard InChI is InChI=1S/C40H28N4O3/c1-40(2,3)23-17-19-41-34(20-23)44-29-10-5-4-8-25(29)26-14-13-24(21-30(26)44)45-35-22-43-38-27(28-9-7-18-42-39(28)43)15-16-33-37(38)36-31(46-33)11-6-12-32(36)47-35/h4-22H,1-3H3. The Balaban J connectivity index is 1.23. The highest BCUT2D eigenvalue weighted by Crippen LogP contribution is 2.42. The highest BCUT2D eigenvalue weighted by Gasteiger charge is 2.21. The van der Waals surface area contributed by atoms with Gasteiger partial charge in [0.1, 0.15) is 34.0 Å². The summed E-state index contributed by atoms with van der Waals surface area (Å²) in [5, 5.41) is 6.31. The summed E-state index contributed by atoms with van der Waals surface area (Å²) in [7, 11) is 0. The molecule has 0 unspecified atom stereocenters. The highest BCUT2D eigenvalue weighted by atomic mass is 16.6. The quantitative estimate of drug-likeness (QED) is 0.198.